The Morgan fingerprint density at radius 2 is 0.688 bits per heavy atom. The molecule has 0 aliphatic carbocycles. The van der Waals surface area contributed by atoms with E-state index in [4.69, 9.17) is 0 Å². The lowest BCUT2D eigenvalue weighted by atomic mass is 9.86. The van der Waals surface area contributed by atoms with Crippen molar-refractivity contribution >= 4 is 11.4 Å². The standard InChI is InChI=1S/C46H72N2/c1-9-17-21-29-41-35(23-13-5)31-39(32-36(41)24-14-6)45-43(27-19-11-3)44(28-20-12-4)46(48(45)47)40-33-37(25-15-7)42(30-22-18-10-2)38(34-40)26-16-8/h31-34H,9-30H2,1-8H3. The summed E-state index contributed by atoms with van der Waals surface area (Å²) in [4.78, 5) is 0. The van der Waals surface area contributed by atoms with Gasteiger partial charge in [0.25, 0.3) is 0 Å². The first kappa shape index (κ1) is 40.0. The smallest absolute Gasteiger partial charge is 0.211 e. The van der Waals surface area contributed by atoms with Crippen molar-refractivity contribution in [2.75, 3.05) is 0 Å². The summed E-state index contributed by atoms with van der Waals surface area (Å²) in [6.07, 6.45) is 25.7. The minimum Gasteiger partial charge on any atom is -0.493 e. The van der Waals surface area contributed by atoms with Gasteiger partial charge in [0, 0.05) is 22.3 Å². The molecule has 0 bridgehead atoms. The fourth-order valence-corrected chi connectivity index (χ4v) is 8.08. The van der Waals surface area contributed by atoms with Crippen molar-refractivity contribution in [1.82, 2.24) is 0 Å². The highest BCUT2D eigenvalue weighted by molar-refractivity contribution is 5.83. The van der Waals surface area contributed by atoms with Gasteiger partial charge in [-0.25, -0.2) is 4.70 Å². The molecule has 1 aliphatic rings. The SMILES string of the molecule is CCCCCc1c(CCC)cc(C2=C(CCCC)C(CCCC)=C(c3cc(CCC)c(CCCCC)c(CCC)c3)[N+]2=[N-])cc1CCC. The second kappa shape index (κ2) is 21.6. The number of allylic oxidation sites excluding steroid dienone is 2. The number of unbranched alkanes of at least 4 members (excludes halogenated alkanes) is 6. The van der Waals surface area contributed by atoms with Gasteiger partial charge in [0.05, 0.1) is 0 Å². The van der Waals surface area contributed by atoms with E-state index in [1.165, 1.54) is 95.9 Å². The molecule has 0 amide bonds. The Balaban J connectivity index is 2.30. The van der Waals surface area contributed by atoms with Crippen LogP contribution in [0.25, 0.3) is 16.9 Å². The van der Waals surface area contributed by atoms with Crippen LogP contribution < -0.4 is 0 Å². The van der Waals surface area contributed by atoms with E-state index in [9.17, 15) is 5.53 Å². The van der Waals surface area contributed by atoms with Gasteiger partial charge < -0.3 is 5.53 Å². The van der Waals surface area contributed by atoms with Crippen molar-refractivity contribution in [3.63, 3.8) is 0 Å². The van der Waals surface area contributed by atoms with Gasteiger partial charge in [-0.3, -0.25) is 0 Å². The van der Waals surface area contributed by atoms with Crippen molar-refractivity contribution < 1.29 is 4.70 Å². The molecule has 0 aromatic heterocycles. The zero-order valence-electron chi connectivity index (χ0n) is 32.8. The van der Waals surface area contributed by atoms with E-state index >= 15 is 0 Å². The quantitative estimate of drug-likeness (QED) is 0.0796. The number of nitrogens with zero attached hydrogens (tertiary/aromatic N) is 2. The van der Waals surface area contributed by atoms with Gasteiger partial charge in [-0.05, 0) is 135 Å². The van der Waals surface area contributed by atoms with Crippen molar-refractivity contribution in [1.29, 1.82) is 0 Å². The minimum atomic E-state index is 1.02. The molecule has 2 aromatic carbocycles. The summed E-state index contributed by atoms with van der Waals surface area (Å²) in [6, 6.07) is 9.93. The number of aryl methyl sites for hydroxylation is 4. The summed E-state index contributed by atoms with van der Waals surface area (Å²) in [6.45, 7) is 18.5. The molecular formula is C46H72N2. The predicted molar refractivity (Wildman–Crippen MR) is 212 cm³/mol. The van der Waals surface area contributed by atoms with Gasteiger partial charge in [-0.2, -0.15) is 0 Å². The predicted octanol–water partition coefficient (Wildman–Crippen LogP) is 14.5. The summed E-state index contributed by atoms with van der Waals surface area (Å²) in [7, 11) is 0. The van der Waals surface area contributed by atoms with Crippen LogP contribution in [0, 0.1) is 0 Å². The molecule has 0 saturated carbocycles. The maximum atomic E-state index is 12.6. The maximum Gasteiger partial charge on any atom is 0.211 e. The van der Waals surface area contributed by atoms with E-state index in [0.717, 1.165) is 101 Å². The first-order valence-electron chi connectivity index (χ1n) is 20.7. The van der Waals surface area contributed by atoms with E-state index in [0.29, 0.717) is 0 Å². The van der Waals surface area contributed by atoms with Crippen molar-refractivity contribution in [2.24, 2.45) is 0 Å². The molecule has 2 aromatic rings. The summed E-state index contributed by atoms with van der Waals surface area (Å²) in [5.74, 6) is 0. The lowest BCUT2D eigenvalue weighted by Crippen LogP contribution is -2.09. The van der Waals surface area contributed by atoms with E-state index in [2.05, 4.69) is 79.7 Å². The third kappa shape index (κ3) is 10.3. The fourth-order valence-electron chi connectivity index (χ4n) is 8.08. The van der Waals surface area contributed by atoms with Gasteiger partial charge >= 0.3 is 0 Å². The van der Waals surface area contributed by atoms with Crippen molar-refractivity contribution in [2.45, 2.75) is 197 Å². The van der Waals surface area contributed by atoms with Crippen LogP contribution in [0.5, 0.6) is 0 Å². The van der Waals surface area contributed by atoms with Gasteiger partial charge in [-0.1, -0.05) is 120 Å². The molecule has 0 radical (unpaired) electrons. The summed E-state index contributed by atoms with van der Waals surface area (Å²) in [5.41, 5.74) is 29.2. The largest absolute Gasteiger partial charge is 0.493 e. The van der Waals surface area contributed by atoms with Gasteiger partial charge in [-0.15, -0.1) is 0 Å². The highest BCUT2D eigenvalue weighted by atomic mass is 15.2. The monoisotopic (exact) mass is 653 g/mol. The molecular weight excluding hydrogens is 581 g/mol. The van der Waals surface area contributed by atoms with Crippen LogP contribution in [0.15, 0.2) is 35.4 Å². The van der Waals surface area contributed by atoms with E-state index < -0.39 is 0 Å². The Morgan fingerprint density at radius 3 is 0.958 bits per heavy atom. The summed E-state index contributed by atoms with van der Waals surface area (Å²) >= 11 is 0. The van der Waals surface area contributed by atoms with Crippen LogP contribution in [0.3, 0.4) is 0 Å². The zero-order chi connectivity index (χ0) is 34.9. The van der Waals surface area contributed by atoms with Crippen LogP contribution in [-0.4, -0.2) is 4.70 Å². The lowest BCUT2D eigenvalue weighted by Gasteiger charge is -2.19. The topological polar surface area (TPSA) is 25.3 Å². The Morgan fingerprint density at radius 1 is 0.375 bits per heavy atom. The molecule has 0 N–H and O–H groups in total. The molecule has 3 rings (SSSR count). The molecule has 0 unspecified atom stereocenters. The third-order valence-corrected chi connectivity index (χ3v) is 10.5. The Bertz CT molecular complexity index is 1210. The highest BCUT2D eigenvalue weighted by Crippen LogP contribution is 2.46. The fraction of sp³-hybridized carbons (Fsp3) is 0.652. The molecule has 0 fully saturated rings. The van der Waals surface area contributed by atoms with Crippen LogP contribution in [0.4, 0.5) is 0 Å². The van der Waals surface area contributed by atoms with Crippen molar-refractivity contribution in [3.8, 4) is 0 Å². The lowest BCUT2D eigenvalue weighted by molar-refractivity contribution is -0.345. The molecule has 0 spiro atoms. The second-order valence-electron chi connectivity index (χ2n) is 14.6. The van der Waals surface area contributed by atoms with Gasteiger partial charge in [0.1, 0.15) is 0 Å². The summed E-state index contributed by atoms with van der Waals surface area (Å²) < 4.78 is 1.67. The van der Waals surface area contributed by atoms with Crippen LogP contribution in [0.2, 0.25) is 0 Å². The minimum absolute atomic E-state index is 1.02. The number of benzene rings is 2. The maximum absolute atomic E-state index is 12.6. The summed E-state index contributed by atoms with van der Waals surface area (Å²) in [5, 5.41) is 0. The molecule has 1 aliphatic heterocycles. The molecule has 0 saturated heterocycles. The first-order chi connectivity index (χ1) is 23.4. The average Bonchev–Trinajstić information content (AvgIpc) is 3.35. The second-order valence-corrected chi connectivity index (χ2v) is 14.6. The molecule has 2 nitrogen and oxygen atoms in total. The van der Waals surface area contributed by atoms with Gasteiger partial charge in [0.2, 0.25) is 11.4 Å². The molecule has 266 valence electrons. The van der Waals surface area contributed by atoms with E-state index in [1.54, 1.807) is 15.8 Å². The molecule has 2 heteroatoms. The molecule has 1 heterocycles. The third-order valence-electron chi connectivity index (χ3n) is 10.5. The average molecular weight is 653 g/mol. The van der Waals surface area contributed by atoms with Crippen LogP contribution >= 0.6 is 0 Å². The van der Waals surface area contributed by atoms with Crippen LogP contribution in [-0.2, 0) is 38.5 Å². The Labute approximate surface area is 297 Å². The molecule has 48 heavy (non-hydrogen) atoms. The van der Waals surface area contributed by atoms with Crippen molar-refractivity contribution in [3.05, 3.63) is 85.5 Å². The Kier molecular flexibility index (Phi) is 18.0. The van der Waals surface area contributed by atoms with E-state index in [-0.39, 0.29) is 0 Å². The first-order valence-corrected chi connectivity index (χ1v) is 20.7. The number of rotatable bonds is 24. The van der Waals surface area contributed by atoms with Gasteiger partial charge in [0.15, 0.2) is 0 Å². The normalized spacial score (nSPS) is 13.5. The van der Waals surface area contributed by atoms with E-state index in [1.807, 2.05) is 0 Å². The number of hydrogen-bond acceptors (Lipinski definition) is 0. The number of hydrogen-bond donors (Lipinski definition) is 0. The van der Waals surface area contributed by atoms with Crippen LogP contribution in [0.1, 0.15) is 203 Å². The highest BCUT2D eigenvalue weighted by Gasteiger charge is 2.36. The zero-order valence-corrected chi connectivity index (χ0v) is 32.8. The molecule has 0 atom stereocenters. The Hall–Kier alpha value is -2.48.